The maximum Gasteiger partial charge on any atom is 0.127 e. The zero-order chi connectivity index (χ0) is 13.7. The lowest BCUT2D eigenvalue weighted by molar-refractivity contribution is 0.120. The minimum absolute atomic E-state index is 0.385. The van der Waals surface area contributed by atoms with Crippen molar-refractivity contribution in [3.05, 3.63) is 23.5 Å². The van der Waals surface area contributed by atoms with Crippen molar-refractivity contribution >= 4 is 0 Å². The van der Waals surface area contributed by atoms with Gasteiger partial charge in [0.05, 0.1) is 6.10 Å². The number of aryl methyl sites for hydroxylation is 1. The molecule has 106 valence electrons. The van der Waals surface area contributed by atoms with Crippen molar-refractivity contribution in [3.63, 3.8) is 0 Å². The van der Waals surface area contributed by atoms with Crippen LogP contribution in [0.25, 0.3) is 0 Å². The molecule has 1 saturated carbocycles. The number of rotatable bonds is 5. The Kier molecular flexibility index (Phi) is 5.20. The smallest absolute Gasteiger partial charge is 0.127 e. The average Bonchev–Trinajstić information content (AvgIpc) is 2.42. The number of ether oxygens (including phenoxy) is 1. The summed E-state index contributed by atoms with van der Waals surface area (Å²) in [4.78, 5) is 4.36. The second-order valence-corrected chi connectivity index (χ2v) is 5.64. The topological polar surface area (TPSA) is 34.1 Å². The lowest BCUT2D eigenvalue weighted by Gasteiger charge is -2.29. The molecule has 1 aromatic heterocycles. The van der Waals surface area contributed by atoms with E-state index in [2.05, 4.69) is 23.3 Å². The summed E-state index contributed by atoms with van der Waals surface area (Å²) >= 11 is 0. The van der Waals surface area contributed by atoms with Gasteiger partial charge in [0.1, 0.15) is 5.75 Å². The van der Waals surface area contributed by atoms with E-state index in [1.807, 2.05) is 20.2 Å². The molecule has 0 aliphatic heterocycles. The molecule has 1 heterocycles. The highest BCUT2D eigenvalue weighted by atomic mass is 16.5. The summed E-state index contributed by atoms with van der Waals surface area (Å²) in [6.45, 7) is 5.12. The largest absolute Gasteiger partial charge is 0.490 e. The van der Waals surface area contributed by atoms with Gasteiger partial charge in [-0.05, 0) is 39.2 Å². The van der Waals surface area contributed by atoms with Crippen LogP contribution in [-0.2, 0) is 6.54 Å². The van der Waals surface area contributed by atoms with Crippen molar-refractivity contribution in [1.29, 1.82) is 0 Å². The highest BCUT2D eigenvalue weighted by Gasteiger charge is 2.22. The van der Waals surface area contributed by atoms with Crippen molar-refractivity contribution < 1.29 is 4.74 Å². The number of pyridine rings is 1. The second kappa shape index (κ2) is 6.90. The molecule has 1 aromatic rings. The highest BCUT2D eigenvalue weighted by molar-refractivity contribution is 5.33. The molecule has 1 aliphatic rings. The van der Waals surface area contributed by atoms with Gasteiger partial charge < -0.3 is 10.1 Å². The second-order valence-electron chi connectivity index (χ2n) is 5.64. The van der Waals surface area contributed by atoms with Crippen LogP contribution >= 0.6 is 0 Å². The number of nitrogens with one attached hydrogen (secondary N) is 1. The summed E-state index contributed by atoms with van der Waals surface area (Å²) in [6.07, 6.45) is 8.66. The van der Waals surface area contributed by atoms with Crippen molar-refractivity contribution in [2.75, 3.05) is 7.05 Å². The molecule has 0 spiro atoms. The van der Waals surface area contributed by atoms with Crippen LogP contribution in [-0.4, -0.2) is 18.1 Å². The van der Waals surface area contributed by atoms with Crippen LogP contribution in [0.2, 0.25) is 0 Å². The summed E-state index contributed by atoms with van der Waals surface area (Å²) in [5, 5.41) is 3.18. The summed E-state index contributed by atoms with van der Waals surface area (Å²) in [5.41, 5.74) is 2.18. The lowest BCUT2D eigenvalue weighted by atomic mass is 9.85. The van der Waals surface area contributed by atoms with Crippen molar-refractivity contribution in [3.8, 4) is 5.75 Å². The van der Waals surface area contributed by atoms with E-state index in [0.717, 1.165) is 29.5 Å². The molecule has 19 heavy (non-hydrogen) atoms. The minimum atomic E-state index is 0.385. The number of hydrogen-bond donors (Lipinski definition) is 1. The Morgan fingerprint density at radius 1 is 1.42 bits per heavy atom. The highest BCUT2D eigenvalue weighted by Crippen LogP contribution is 2.30. The molecule has 2 rings (SSSR count). The first-order valence-electron chi connectivity index (χ1n) is 7.49. The first kappa shape index (κ1) is 14.3. The van der Waals surface area contributed by atoms with Gasteiger partial charge in [-0.1, -0.05) is 19.8 Å². The fraction of sp³-hybridized carbons (Fsp3) is 0.688. The molecule has 1 fully saturated rings. The third kappa shape index (κ3) is 3.93. The molecule has 3 nitrogen and oxygen atoms in total. The van der Waals surface area contributed by atoms with E-state index in [0.29, 0.717) is 6.10 Å². The lowest BCUT2D eigenvalue weighted by Crippen LogP contribution is -2.26. The first-order chi connectivity index (χ1) is 9.22. The Balaban J connectivity index is 2.06. The van der Waals surface area contributed by atoms with Crippen LogP contribution in [0.1, 0.15) is 50.3 Å². The number of nitrogens with zero attached hydrogens (tertiary/aromatic N) is 1. The minimum Gasteiger partial charge on any atom is -0.490 e. The van der Waals surface area contributed by atoms with Crippen molar-refractivity contribution in [1.82, 2.24) is 10.3 Å². The molecule has 0 bridgehead atoms. The van der Waals surface area contributed by atoms with Crippen LogP contribution < -0.4 is 10.1 Å². The predicted molar refractivity (Wildman–Crippen MR) is 78.4 cm³/mol. The van der Waals surface area contributed by atoms with Gasteiger partial charge >= 0.3 is 0 Å². The molecule has 0 saturated heterocycles. The van der Waals surface area contributed by atoms with Crippen molar-refractivity contribution in [2.24, 2.45) is 5.92 Å². The SMILES string of the molecule is CCC1CCCC(Oc2cc(C)ncc2CNC)C1. The van der Waals surface area contributed by atoms with E-state index < -0.39 is 0 Å². The van der Waals surface area contributed by atoms with Crippen molar-refractivity contribution in [2.45, 2.75) is 58.6 Å². The van der Waals surface area contributed by atoms with Crippen LogP contribution in [0.5, 0.6) is 5.75 Å². The average molecular weight is 262 g/mol. The van der Waals surface area contributed by atoms with E-state index in [1.165, 1.54) is 32.1 Å². The Labute approximate surface area is 116 Å². The molecule has 0 amide bonds. The zero-order valence-corrected chi connectivity index (χ0v) is 12.4. The Morgan fingerprint density at radius 2 is 2.26 bits per heavy atom. The molecule has 1 aliphatic carbocycles. The van der Waals surface area contributed by atoms with Crippen LogP contribution in [0.4, 0.5) is 0 Å². The molecular formula is C16H26N2O. The summed E-state index contributed by atoms with van der Waals surface area (Å²) < 4.78 is 6.27. The molecule has 2 unspecified atom stereocenters. The number of hydrogen-bond acceptors (Lipinski definition) is 3. The number of aromatic nitrogens is 1. The Bertz CT molecular complexity index is 406. The molecule has 0 radical (unpaired) electrons. The van der Waals surface area contributed by atoms with Gasteiger partial charge in [0.25, 0.3) is 0 Å². The van der Waals surface area contributed by atoms with Gasteiger partial charge in [0.15, 0.2) is 0 Å². The van der Waals surface area contributed by atoms with E-state index in [9.17, 15) is 0 Å². The van der Waals surface area contributed by atoms with Gasteiger partial charge in [-0.2, -0.15) is 0 Å². The normalized spacial score (nSPS) is 23.3. The fourth-order valence-electron chi connectivity index (χ4n) is 2.90. The maximum absolute atomic E-state index is 6.27. The summed E-state index contributed by atoms with van der Waals surface area (Å²) in [5.74, 6) is 1.86. The van der Waals surface area contributed by atoms with Crippen LogP contribution in [0.15, 0.2) is 12.3 Å². The van der Waals surface area contributed by atoms with Gasteiger partial charge in [-0.25, -0.2) is 0 Å². The molecular weight excluding hydrogens is 236 g/mol. The predicted octanol–water partition coefficient (Wildman–Crippen LogP) is 3.46. The Hall–Kier alpha value is -1.09. The quantitative estimate of drug-likeness (QED) is 0.882. The molecule has 0 aromatic carbocycles. The van der Waals surface area contributed by atoms with E-state index in [-0.39, 0.29) is 0 Å². The van der Waals surface area contributed by atoms with Gasteiger partial charge in [0.2, 0.25) is 0 Å². The van der Waals surface area contributed by atoms with Gasteiger partial charge in [-0.15, -0.1) is 0 Å². The Morgan fingerprint density at radius 3 is 3.00 bits per heavy atom. The standard InChI is InChI=1S/C16H26N2O/c1-4-13-6-5-7-15(9-13)19-16-8-12(2)18-11-14(16)10-17-3/h8,11,13,15,17H,4-7,9-10H2,1-3H3. The molecule has 1 N–H and O–H groups in total. The van der Waals surface area contributed by atoms with Crippen LogP contribution in [0.3, 0.4) is 0 Å². The zero-order valence-electron chi connectivity index (χ0n) is 12.4. The summed E-state index contributed by atoms with van der Waals surface area (Å²) in [6, 6.07) is 2.07. The molecule has 3 heteroatoms. The maximum atomic E-state index is 6.27. The van der Waals surface area contributed by atoms with E-state index in [1.54, 1.807) is 0 Å². The van der Waals surface area contributed by atoms with E-state index in [4.69, 9.17) is 4.74 Å². The van der Waals surface area contributed by atoms with Crippen LogP contribution in [0, 0.1) is 12.8 Å². The summed E-state index contributed by atoms with van der Waals surface area (Å²) in [7, 11) is 1.96. The molecule has 2 atom stereocenters. The third-order valence-electron chi connectivity index (χ3n) is 4.05. The van der Waals surface area contributed by atoms with E-state index >= 15 is 0 Å². The monoisotopic (exact) mass is 262 g/mol. The first-order valence-corrected chi connectivity index (χ1v) is 7.49. The fourth-order valence-corrected chi connectivity index (χ4v) is 2.90. The van der Waals surface area contributed by atoms with Gasteiger partial charge in [-0.3, -0.25) is 4.98 Å². The third-order valence-corrected chi connectivity index (χ3v) is 4.05. The van der Waals surface area contributed by atoms with Gasteiger partial charge in [0, 0.05) is 30.1 Å².